The molecule has 5 nitrogen and oxygen atoms in total. The standard InChI is InChI=1S/C13H10N2O3S/c16-14-9-11-8-12(15(17)18)13(19-11)7-6-10-4-2-1-3-5-10/h1-9,16H/b7-6+,14-9+. The summed E-state index contributed by atoms with van der Waals surface area (Å²) in [5, 5.41) is 22.3. The maximum absolute atomic E-state index is 10.9. The monoisotopic (exact) mass is 274 g/mol. The van der Waals surface area contributed by atoms with Gasteiger partial charge in [-0.2, -0.15) is 0 Å². The molecule has 0 aliphatic carbocycles. The minimum atomic E-state index is -0.449. The SMILES string of the molecule is O=[N+]([O-])c1cc(/C=N/O)sc1/C=C/c1ccccc1. The van der Waals surface area contributed by atoms with Gasteiger partial charge < -0.3 is 5.21 Å². The van der Waals surface area contributed by atoms with Gasteiger partial charge in [0.2, 0.25) is 0 Å². The summed E-state index contributed by atoms with van der Waals surface area (Å²) < 4.78 is 0. The summed E-state index contributed by atoms with van der Waals surface area (Å²) in [5.74, 6) is 0. The minimum absolute atomic E-state index is 0.00656. The smallest absolute Gasteiger partial charge is 0.287 e. The van der Waals surface area contributed by atoms with Gasteiger partial charge in [-0.15, -0.1) is 11.3 Å². The number of hydrogen-bond donors (Lipinski definition) is 1. The molecule has 2 rings (SSSR count). The normalized spacial score (nSPS) is 11.4. The first-order chi connectivity index (χ1) is 9.20. The number of benzene rings is 1. The highest BCUT2D eigenvalue weighted by atomic mass is 32.1. The summed E-state index contributed by atoms with van der Waals surface area (Å²) in [6, 6.07) is 10.9. The molecule has 1 aromatic heterocycles. The molecule has 0 spiro atoms. The highest BCUT2D eigenvalue weighted by molar-refractivity contribution is 7.15. The molecule has 96 valence electrons. The molecule has 1 aromatic carbocycles. The maximum atomic E-state index is 10.9. The Labute approximate surface area is 113 Å². The molecule has 0 aliphatic heterocycles. The molecule has 0 fully saturated rings. The largest absolute Gasteiger partial charge is 0.411 e. The quantitative estimate of drug-likeness (QED) is 0.400. The van der Waals surface area contributed by atoms with Crippen molar-refractivity contribution in [1.29, 1.82) is 0 Å². The van der Waals surface area contributed by atoms with Gasteiger partial charge in [0.1, 0.15) is 4.88 Å². The van der Waals surface area contributed by atoms with E-state index >= 15 is 0 Å². The number of oxime groups is 1. The molecule has 0 saturated heterocycles. The van der Waals surface area contributed by atoms with E-state index in [1.165, 1.54) is 23.6 Å². The van der Waals surface area contributed by atoms with Gasteiger partial charge in [-0.25, -0.2) is 0 Å². The van der Waals surface area contributed by atoms with Gasteiger partial charge in [-0.3, -0.25) is 10.1 Å². The summed E-state index contributed by atoms with van der Waals surface area (Å²) in [6.45, 7) is 0. The van der Waals surface area contributed by atoms with E-state index < -0.39 is 4.92 Å². The molecule has 1 heterocycles. The molecular weight excluding hydrogens is 264 g/mol. The Balaban J connectivity index is 2.33. The Hall–Kier alpha value is -2.47. The highest BCUT2D eigenvalue weighted by Gasteiger charge is 2.16. The fraction of sp³-hybridized carbons (Fsp3) is 0. The van der Waals surface area contributed by atoms with Gasteiger partial charge in [0.15, 0.2) is 0 Å². The van der Waals surface area contributed by atoms with Crippen molar-refractivity contribution >= 4 is 35.4 Å². The number of nitrogens with zero attached hydrogens (tertiary/aromatic N) is 2. The van der Waals surface area contributed by atoms with E-state index in [0.717, 1.165) is 5.56 Å². The second kappa shape index (κ2) is 5.92. The Kier molecular flexibility index (Phi) is 4.04. The lowest BCUT2D eigenvalue weighted by Gasteiger charge is -1.91. The minimum Gasteiger partial charge on any atom is -0.411 e. The van der Waals surface area contributed by atoms with Crippen molar-refractivity contribution in [2.75, 3.05) is 0 Å². The van der Waals surface area contributed by atoms with E-state index in [1.807, 2.05) is 30.3 Å². The Morgan fingerprint density at radius 1 is 1.26 bits per heavy atom. The molecule has 2 aromatic rings. The van der Waals surface area contributed by atoms with Gasteiger partial charge in [0, 0.05) is 6.07 Å². The van der Waals surface area contributed by atoms with Crippen LogP contribution in [0.2, 0.25) is 0 Å². The molecule has 0 atom stereocenters. The van der Waals surface area contributed by atoms with Gasteiger partial charge in [0.05, 0.1) is 16.0 Å². The zero-order chi connectivity index (χ0) is 13.7. The molecule has 0 radical (unpaired) electrons. The van der Waals surface area contributed by atoms with Gasteiger partial charge in [-0.05, 0) is 11.6 Å². The Morgan fingerprint density at radius 3 is 2.63 bits per heavy atom. The third-order valence-corrected chi connectivity index (χ3v) is 3.39. The van der Waals surface area contributed by atoms with Crippen LogP contribution in [-0.2, 0) is 0 Å². The van der Waals surface area contributed by atoms with Crippen molar-refractivity contribution in [3.8, 4) is 0 Å². The Morgan fingerprint density at radius 2 is 2.00 bits per heavy atom. The van der Waals surface area contributed by atoms with Crippen LogP contribution in [0.25, 0.3) is 12.2 Å². The van der Waals surface area contributed by atoms with E-state index in [9.17, 15) is 10.1 Å². The third-order valence-electron chi connectivity index (χ3n) is 2.37. The van der Waals surface area contributed by atoms with Gasteiger partial charge >= 0.3 is 0 Å². The highest BCUT2D eigenvalue weighted by Crippen LogP contribution is 2.30. The van der Waals surface area contributed by atoms with E-state index in [-0.39, 0.29) is 5.69 Å². The summed E-state index contributed by atoms with van der Waals surface area (Å²) in [4.78, 5) is 11.5. The van der Waals surface area contributed by atoms with Crippen LogP contribution in [0.4, 0.5) is 5.69 Å². The van der Waals surface area contributed by atoms with E-state index in [0.29, 0.717) is 9.75 Å². The average Bonchev–Trinajstić information content (AvgIpc) is 2.81. The van der Waals surface area contributed by atoms with Crippen molar-refractivity contribution in [2.45, 2.75) is 0 Å². The number of rotatable bonds is 4. The zero-order valence-corrected chi connectivity index (χ0v) is 10.6. The van der Waals surface area contributed by atoms with Crippen molar-refractivity contribution in [3.05, 3.63) is 61.8 Å². The van der Waals surface area contributed by atoms with Crippen LogP contribution in [0.15, 0.2) is 41.6 Å². The summed E-state index contributed by atoms with van der Waals surface area (Å²) in [7, 11) is 0. The average molecular weight is 274 g/mol. The first-order valence-corrected chi connectivity index (χ1v) is 6.21. The second-order valence-corrected chi connectivity index (χ2v) is 4.76. The van der Waals surface area contributed by atoms with Crippen LogP contribution in [0, 0.1) is 10.1 Å². The van der Waals surface area contributed by atoms with Crippen LogP contribution < -0.4 is 0 Å². The molecular formula is C13H10N2O3S. The third kappa shape index (κ3) is 3.26. The predicted octanol–water partition coefficient (Wildman–Crippen LogP) is 3.63. The Bertz CT molecular complexity index is 633. The molecule has 0 saturated carbocycles. The summed E-state index contributed by atoms with van der Waals surface area (Å²) >= 11 is 1.19. The predicted molar refractivity (Wildman–Crippen MR) is 75.7 cm³/mol. The van der Waals surface area contributed by atoms with Crippen LogP contribution in [0.1, 0.15) is 15.3 Å². The van der Waals surface area contributed by atoms with Crippen molar-refractivity contribution in [2.24, 2.45) is 5.16 Å². The molecule has 0 amide bonds. The van der Waals surface area contributed by atoms with E-state index in [2.05, 4.69) is 5.16 Å². The van der Waals surface area contributed by atoms with Crippen molar-refractivity contribution in [3.63, 3.8) is 0 Å². The van der Waals surface area contributed by atoms with E-state index in [1.54, 1.807) is 12.2 Å². The molecule has 0 bridgehead atoms. The van der Waals surface area contributed by atoms with Crippen molar-refractivity contribution < 1.29 is 10.1 Å². The molecule has 6 heteroatoms. The second-order valence-electron chi connectivity index (χ2n) is 3.64. The number of nitro groups is 1. The van der Waals surface area contributed by atoms with Crippen LogP contribution in [0.5, 0.6) is 0 Å². The van der Waals surface area contributed by atoms with Crippen LogP contribution >= 0.6 is 11.3 Å². The summed E-state index contributed by atoms with van der Waals surface area (Å²) in [6.07, 6.45) is 4.67. The fourth-order valence-electron chi connectivity index (χ4n) is 1.53. The lowest BCUT2D eigenvalue weighted by molar-refractivity contribution is -0.384. The molecule has 19 heavy (non-hydrogen) atoms. The van der Waals surface area contributed by atoms with Crippen LogP contribution in [0.3, 0.4) is 0 Å². The first-order valence-electron chi connectivity index (χ1n) is 5.39. The topological polar surface area (TPSA) is 75.7 Å². The zero-order valence-electron chi connectivity index (χ0n) is 9.76. The van der Waals surface area contributed by atoms with Gasteiger partial charge in [-0.1, -0.05) is 41.6 Å². The lowest BCUT2D eigenvalue weighted by atomic mass is 10.2. The van der Waals surface area contributed by atoms with E-state index in [4.69, 9.17) is 5.21 Å². The number of hydrogen-bond acceptors (Lipinski definition) is 5. The fourth-order valence-corrected chi connectivity index (χ4v) is 2.43. The van der Waals surface area contributed by atoms with Crippen LogP contribution in [-0.4, -0.2) is 16.3 Å². The molecule has 0 unspecified atom stereocenters. The summed E-state index contributed by atoms with van der Waals surface area (Å²) in [5.41, 5.74) is 0.967. The lowest BCUT2D eigenvalue weighted by Crippen LogP contribution is -1.86. The molecule has 1 N–H and O–H groups in total. The molecule has 0 aliphatic rings. The van der Waals surface area contributed by atoms with Gasteiger partial charge in [0.25, 0.3) is 5.69 Å². The first kappa shape index (κ1) is 13.0. The van der Waals surface area contributed by atoms with Crippen molar-refractivity contribution in [1.82, 2.24) is 0 Å². The maximum Gasteiger partial charge on any atom is 0.287 e. The number of thiophene rings is 1.